The molecule has 1 N–H and O–H groups in total. The summed E-state index contributed by atoms with van der Waals surface area (Å²) < 4.78 is 0. The molecule has 1 aromatic carbocycles. The molecule has 1 atom stereocenters. The average Bonchev–Trinajstić information content (AvgIpc) is 3.06. The summed E-state index contributed by atoms with van der Waals surface area (Å²) in [6.07, 6.45) is 2.86. The van der Waals surface area contributed by atoms with Crippen molar-refractivity contribution in [3.8, 4) is 0 Å². The Morgan fingerprint density at radius 1 is 1.32 bits per heavy atom. The van der Waals surface area contributed by atoms with Gasteiger partial charge in [-0.15, -0.1) is 0 Å². The normalized spacial score (nSPS) is 17.6. The van der Waals surface area contributed by atoms with E-state index in [1.807, 2.05) is 19.1 Å². The van der Waals surface area contributed by atoms with Gasteiger partial charge in [-0.25, -0.2) is 9.97 Å². The number of carbonyl (C=O) groups is 1. The van der Waals surface area contributed by atoms with Crippen LogP contribution in [0.3, 0.4) is 0 Å². The fraction of sp³-hybridized carbons (Fsp3) is 0.421. The maximum absolute atomic E-state index is 12.0. The van der Waals surface area contributed by atoms with Crippen LogP contribution in [-0.4, -0.2) is 46.2 Å². The molecule has 1 aromatic heterocycles. The van der Waals surface area contributed by atoms with Crippen molar-refractivity contribution in [1.29, 1.82) is 0 Å². The van der Waals surface area contributed by atoms with Crippen molar-refractivity contribution < 1.29 is 4.79 Å². The summed E-state index contributed by atoms with van der Waals surface area (Å²) >= 11 is 1.38. The maximum Gasteiger partial charge on any atom is 0.230 e. The standard InChI is InChI=1S/C19H24N4OS/c1-15-7-9-20-19(22-15)25-14-18(24)21-11-17-8-10-23(13-17)12-16-5-3-2-4-6-16/h2-7,9,17H,8,10-14H2,1H3,(H,21,24). The first-order chi connectivity index (χ1) is 12.2. The molecule has 6 heteroatoms. The van der Waals surface area contributed by atoms with E-state index in [0.29, 0.717) is 16.8 Å². The van der Waals surface area contributed by atoms with Gasteiger partial charge in [0.05, 0.1) is 5.75 Å². The highest BCUT2D eigenvalue weighted by Crippen LogP contribution is 2.18. The van der Waals surface area contributed by atoms with Crippen LogP contribution < -0.4 is 5.32 Å². The van der Waals surface area contributed by atoms with Gasteiger partial charge in [0.15, 0.2) is 5.16 Å². The van der Waals surface area contributed by atoms with Crippen molar-refractivity contribution in [2.24, 2.45) is 5.92 Å². The Bertz CT molecular complexity index is 695. The fourth-order valence-electron chi connectivity index (χ4n) is 3.00. The summed E-state index contributed by atoms with van der Waals surface area (Å²) in [5.41, 5.74) is 2.27. The number of aryl methyl sites for hydroxylation is 1. The van der Waals surface area contributed by atoms with E-state index in [1.54, 1.807) is 6.20 Å². The molecule has 1 aliphatic heterocycles. The largest absolute Gasteiger partial charge is 0.355 e. The minimum absolute atomic E-state index is 0.0524. The minimum Gasteiger partial charge on any atom is -0.355 e. The lowest BCUT2D eigenvalue weighted by Crippen LogP contribution is -2.32. The molecule has 132 valence electrons. The summed E-state index contributed by atoms with van der Waals surface area (Å²) in [5, 5.41) is 3.71. The Balaban J connectivity index is 1.35. The molecule has 1 saturated heterocycles. The van der Waals surface area contributed by atoms with Gasteiger partial charge in [-0.1, -0.05) is 42.1 Å². The number of likely N-dealkylation sites (tertiary alicyclic amines) is 1. The maximum atomic E-state index is 12.0. The smallest absolute Gasteiger partial charge is 0.230 e. The van der Waals surface area contributed by atoms with Gasteiger partial charge in [-0.2, -0.15) is 0 Å². The van der Waals surface area contributed by atoms with Gasteiger partial charge in [-0.05, 0) is 37.4 Å². The highest BCUT2D eigenvalue weighted by molar-refractivity contribution is 7.99. The van der Waals surface area contributed by atoms with Crippen LogP contribution in [0.1, 0.15) is 17.7 Å². The van der Waals surface area contributed by atoms with Gasteiger partial charge in [0, 0.05) is 31.5 Å². The molecule has 1 fully saturated rings. The molecule has 0 radical (unpaired) electrons. The van der Waals surface area contributed by atoms with Crippen LogP contribution in [0.4, 0.5) is 0 Å². The zero-order valence-corrected chi connectivity index (χ0v) is 15.3. The van der Waals surface area contributed by atoms with E-state index in [9.17, 15) is 4.79 Å². The number of amides is 1. The summed E-state index contributed by atoms with van der Waals surface area (Å²) in [4.78, 5) is 23.0. The van der Waals surface area contributed by atoms with E-state index in [2.05, 4.69) is 44.5 Å². The molecule has 1 unspecified atom stereocenters. The number of aromatic nitrogens is 2. The second-order valence-corrected chi connectivity index (χ2v) is 7.39. The number of hydrogen-bond donors (Lipinski definition) is 1. The molecule has 25 heavy (non-hydrogen) atoms. The third-order valence-electron chi connectivity index (χ3n) is 4.31. The third kappa shape index (κ3) is 5.83. The van der Waals surface area contributed by atoms with Gasteiger partial charge in [-0.3, -0.25) is 9.69 Å². The number of carbonyl (C=O) groups excluding carboxylic acids is 1. The first-order valence-corrected chi connectivity index (χ1v) is 9.63. The van der Waals surface area contributed by atoms with E-state index in [-0.39, 0.29) is 5.91 Å². The quantitative estimate of drug-likeness (QED) is 0.610. The van der Waals surface area contributed by atoms with E-state index in [1.165, 1.54) is 17.3 Å². The van der Waals surface area contributed by atoms with Gasteiger partial charge in [0.25, 0.3) is 0 Å². The van der Waals surface area contributed by atoms with Gasteiger partial charge in [0.1, 0.15) is 0 Å². The number of thioether (sulfide) groups is 1. The number of hydrogen-bond acceptors (Lipinski definition) is 5. The Hall–Kier alpha value is -1.92. The zero-order chi connectivity index (χ0) is 17.5. The van der Waals surface area contributed by atoms with Gasteiger partial charge in [0.2, 0.25) is 5.91 Å². The van der Waals surface area contributed by atoms with Crippen LogP contribution in [0.2, 0.25) is 0 Å². The van der Waals surface area contributed by atoms with E-state index < -0.39 is 0 Å². The van der Waals surface area contributed by atoms with Crippen LogP contribution in [0.5, 0.6) is 0 Å². The lowest BCUT2D eigenvalue weighted by atomic mass is 10.1. The number of rotatable bonds is 7. The molecule has 0 spiro atoms. The topological polar surface area (TPSA) is 58.1 Å². The SMILES string of the molecule is Cc1ccnc(SCC(=O)NCC2CCN(Cc3ccccc3)C2)n1. The monoisotopic (exact) mass is 356 g/mol. The summed E-state index contributed by atoms with van der Waals surface area (Å²) in [5.74, 6) is 0.952. The lowest BCUT2D eigenvalue weighted by Gasteiger charge is -2.16. The predicted molar refractivity (Wildman–Crippen MR) is 100 cm³/mol. The zero-order valence-electron chi connectivity index (χ0n) is 14.5. The minimum atomic E-state index is 0.0524. The van der Waals surface area contributed by atoms with Gasteiger partial charge >= 0.3 is 0 Å². The molecule has 3 rings (SSSR count). The van der Waals surface area contributed by atoms with E-state index in [0.717, 1.165) is 38.3 Å². The first kappa shape index (κ1) is 17.9. The second-order valence-electron chi connectivity index (χ2n) is 6.45. The van der Waals surface area contributed by atoms with Crippen molar-refractivity contribution in [2.75, 3.05) is 25.4 Å². The van der Waals surface area contributed by atoms with Crippen LogP contribution in [0.15, 0.2) is 47.8 Å². The summed E-state index contributed by atoms with van der Waals surface area (Å²) in [7, 11) is 0. The molecular weight excluding hydrogens is 332 g/mol. The molecule has 2 aromatic rings. The summed E-state index contributed by atoms with van der Waals surface area (Å²) in [6.45, 7) is 5.81. The molecule has 1 aliphatic rings. The van der Waals surface area contributed by atoms with E-state index >= 15 is 0 Å². The van der Waals surface area contributed by atoms with Crippen molar-refractivity contribution in [3.05, 3.63) is 53.9 Å². The molecule has 0 aliphatic carbocycles. The number of nitrogens with one attached hydrogen (secondary N) is 1. The Morgan fingerprint density at radius 3 is 2.96 bits per heavy atom. The molecule has 0 saturated carbocycles. The fourth-order valence-corrected chi connectivity index (χ4v) is 3.71. The lowest BCUT2D eigenvalue weighted by molar-refractivity contribution is -0.118. The van der Waals surface area contributed by atoms with Crippen molar-refractivity contribution in [3.63, 3.8) is 0 Å². The number of nitrogens with zero attached hydrogens (tertiary/aromatic N) is 3. The van der Waals surface area contributed by atoms with Crippen LogP contribution in [-0.2, 0) is 11.3 Å². The molecule has 2 heterocycles. The Morgan fingerprint density at radius 2 is 2.16 bits per heavy atom. The van der Waals surface area contributed by atoms with E-state index in [4.69, 9.17) is 0 Å². The molecule has 5 nitrogen and oxygen atoms in total. The van der Waals surface area contributed by atoms with Crippen LogP contribution in [0, 0.1) is 12.8 Å². The van der Waals surface area contributed by atoms with Crippen molar-refractivity contribution >= 4 is 17.7 Å². The predicted octanol–water partition coefficient (Wildman–Crippen LogP) is 2.52. The van der Waals surface area contributed by atoms with Gasteiger partial charge < -0.3 is 5.32 Å². The van der Waals surface area contributed by atoms with Crippen molar-refractivity contribution in [1.82, 2.24) is 20.2 Å². The number of benzene rings is 1. The second kappa shape index (κ2) is 8.97. The Labute approximate surface area is 153 Å². The third-order valence-corrected chi connectivity index (χ3v) is 5.17. The van der Waals surface area contributed by atoms with Crippen LogP contribution in [0.25, 0.3) is 0 Å². The highest BCUT2D eigenvalue weighted by atomic mass is 32.2. The average molecular weight is 356 g/mol. The molecular formula is C19H24N4OS. The Kier molecular flexibility index (Phi) is 6.42. The molecule has 1 amide bonds. The molecule has 0 bridgehead atoms. The highest BCUT2D eigenvalue weighted by Gasteiger charge is 2.22. The first-order valence-electron chi connectivity index (χ1n) is 8.64. The summed E-state index contributed by atoms with van der Waals surface area (Å²) in [6, 6.07) is 12.4. The van der Waals surface area contributed by atoms with Crippen molar-refractivity contribution in [2.45, 2.75) is 25.0 Å². The van der Waals surface area contributed by atoms with Crippen LogP contribution >= 0.6 is 11.8 Å².